The maximum atomic E-state index is 12.2. The second-order valence-electron chi connectivity index (χ2n) is 5.45. The van der Waals surface area contributed by atoms with Crippen LogP contribution in [0.3, 0.4) is 0 Å². The van der Waals surface area contributed by atoms with Gasteiger partial charge < -0.3 is 10.2 Å². The molecule has 5 heteroatoms. The number of H-pyrrole nitrogens is 1. The number of urea groups is 1. The smallest absolute Gasteiger partial charge is 0.317 e. The van der Waals surface area contributed by atoms with E-state index in [9.17, 15) is 4.79 Å². The second kappa shape index (κ2) is 4.63. The predicted octanol–water partition coefficient (Wildman–Crippen LogP) is 1.46. The number of nitrogens with zero attached hydrogens (tertiary/aromatic N) is 2. The van der Waals surface area contributed by atoms with Gasteiger partial charge in [0.15, 0.2) is 0 Å². The van der Waals surface area contributed by atoms with Gasteiger partial charge in [0.1, 0.15) is 0 Å². The van der Waals surface area contributed by atoms with E-state index >= 15 is 0 Å². The summed E-state index contributed by atoms with van der Waals surface area (Å²) in [7, 11) is 0. The summed E-state index contributed by atoms with van der Waals surface area (Å²) in [6, 6.07) is 0.738. The van der Waals surface area contributed by atoms with E-state index in [0.717, 1.165) is 38.6 Å². The summed E-state index contributed by atoms with van der Waals surface area (Å²) >= 11 is 0. The van der Waals surface area contributed by atoms with Gasteiger partial charge in [-0.3, -0.25) is 5.10 Å². The Kier molecular flexibility index (Phi) is 2.97. The van der Waals surface area contributed by atoms with Crippen molar-refractivity contribution in [3.63, 3.8) is 0 Å². The highest BCUT2D eigenvalue weighted by Gasteiger charge is 2.28. The molecule has 98 valence electrons. The largest absolute Gasteiger partial charge is 0.335 e. The lowest BCUT2D eigenvalue weighted by Gasteiger charge is -2.28. The Morgan fingerprint density at radius 1 is 1.56 bits per heavy atom. The molecule has 2 unspecified atom stereocenters. The molecule has 1 fully saturated rings. The molecule has 5 nitrogen and oxygen atoms in total. The maximum Gasteiger partial charge on any atom is 0.317 e. The zero-order valence-corrected chi connectivity index (χ0v) is 10.8. The molecule has 2 N–H and O–H groups in total. The van der Waals surface area contributed by atoms with Gasteiger partial charge in [-0.2, -0.15) is 5.10 Å². The highest BCUT2D eigenvalue weighted by atomic mass is 16.2. The standard InChI is InChI=1S/C13H20N4O/c1-9-3-2-6-17(9)13(18)15-11-5-4-10-8-14-16-12(10)7-11/h8-9,11H,2-7H2,1H3,(H,14,16)(H,15,18). The van der Waals surface area contributed by atoms with Gasteiger partial charge in [0.05, 0.1) is 6.20 Å². The summed E-state index contributed by atoms with van der Waals surface area (Å²) in [6.45, 7) is 3.02. The monoisotopic (exact) mass is 248 g/mol. The molecule has 1 aromatic heterocycles. The molecular weight excluding hydrogens is 228 g/mol. The average Bonchev–Trinajstić information content (AvgIpc) is 2.96. The summed E-state index contributed by atoms with van der Waals surface area (Å²) < 4.78 is 0. The van der Waals surface area contributed by atoms with Crippen molar-refractivity contribution in [2.45, 2.75) is 51.1 Å². The van der Waals surface area contributed by atoms with Gasteiger partial charge >= 0.3 is 6.03 Å². The molecular formula is C13H20N4O. The summed E-state index contributed by atoms with van der Waals surface area (Å²) in [5, 5.41) is 10.2. The minimum Gasteiger partial charge on any atom is -0.335 e. The third-order valence-corrected chi connectivity index (χ3v) is 4.16. The number of hydrogen-bond acceptors (Lipinski definition) is 2. The Morgan fingerprint density at radius 2 is 2.44 bits per heavy atom. The summed E-state index contributed by atoms with van der Waals surface area (Å²) in [6.07, 6.45) is 7.05. The third-order valence-electron chi connectivity index (χ3n) is 4.16. The van der Waals surface area contributed by atoms with Crippen LogP contribution in [-0.2, 0) is 12.8 Å². The number of aromatic nitrogens is 2. The van der Waals surface area contributed by atoms with Crippen LogP contribution >= 0.6 is 0 Å². The van der Waals surface area contributed by atoms with Gasteiger partial charge in [-0.1, -0.05) is 0 Å². The van der Waals surface area contributed by atoms with E-state index < -0.39 is 0 Å². The number of carbonyl (C=O) groups is 1. The molecule has 0 bridgehead atoms. The molecule has 1 aromatic rings. The first-order chi connectivity index (χ1) is 8.74. The maximum absolute atomic E-state index is 12.2. The van der Waals surface area contributed by atoms with Crippen molar-refractivity contribution in [2.24, 2.45) is 0 Å². The van der Waals surface area contributed by atoms with E-state index in [1.807, 2.05) is 11.1 Å². The molecule has 18 heavy (non-hydrogen) atoms. The number of likely N-dealkylation sites (tertiary alicyclic amines) is 1. The molecule has 1 aliphatic carbocycles. The van der Waals surface area contributed by atoms with Crippen molar-refractivity contribution in [1.82, 2.24) is 20.4 Å². The lowest BCUT2D eigenvalue weighted by Crippen LogP contribution is -2.47. The van der Waals surface area contributed by atoms with E-state index in [0.29, 0.717) is 6.04 Å². The molecule has 3 rings (SSSR count). The van der Waals surface area contributed by atoms with Crippen molar-refractivity contribution < 1.29 is 4.79 Å². The minimum absolute atomic E-state index is 0.105. The van der Waals surface area contributed by atoms with Crippen molar-refractivity contribution in [3.8, 4) is 0 Å². The Bertz CT molecular complexity index is 442. The number of fused-ring (bicyclic) bond motifs is 1. The zero-order chi connectivity index (χ0) is 12.5. The fourth-order valence-corrected chi connectivity index (χ4v) is 3.02. The van der Waals surface area contributed by atoms with Gasteiger partial charge in [0.2, 0.25) is 0 Å². The lowest BCUT2D eigenvalue weighted by molar-refractivity contribution is 0.190. The average molecular weight is 248 g/mol. The van der Waals surface area contributed by atoms with E-state index in [1.165, 1.54) is 11.3 Å². The number of carbonyl (C=O) groups excluding carboxylic acids is 1. The minimum atomic E-state index is 0.105. The van der Waals surface area contributed by atoms with Crippen LogP contribution in [-0.4, -0.2) is 39.8 Å². The SMILES string of the molecule is CC1CCCN1C(=O)NC1CCc2cn[nH]c2C1. The van der Waals surface area contributed by atoms with E-state index in [-0.39, 0.29) is 12.1 Å². The Labute approximate surface area is 107 Å². The summed E-state index contributed by atoms with van der Waals surface area (Å²) in [5.74, 6) is 0. The van der Waals surface area contributed by atoms with Crippen LogP contribution in [0.5, 0.6) is 0 Å². The van der Waals surface area contributed by atoms with Crippen LogP contribution in [0.15, 0.2) is 6.20 Å². The van der Waals surface area contributed by atoms with Crippen LogP contribution in [0, 0.1) is 0 Å². The number of aryl methyl sites for hydroxylation is 1. The number of rotatable bonds is 1. The fourth-order valence-electron chi connectivity index (χ4n) is 3.02. The summed E-state index contributed by atoms with van der Waals surface area (Å²) in [4.78, 5) is 14.1. The van der Waals surface area contributed by atoms with E-state index in [4.69, 9.17) is 0 Å². The van der Waals surface area contributed by atoms with Crippen LogP contribution in [0.25, 0.3) is 0 Å². The number of nitrogens with one attached hydrogen (secondary N) is 2. The highest BCUT2D eigenvalue weighted by molar-refractivity contribution is 5.75. The molecule has 0 radical (unpaired) electrons. The van der Waals surface area contributed by atoms with Crippen molar-refractivity contribution >= 4 is 6.03 Å². The lowest BCUT2D eigenvalue weighted by atomic mass is 9.94. The molecule has 2 atom stereocenters. The van der Waals surface area contributed by atoms with E-state index in [2.05, 4.69) is 22.4 Å². The Balaban J connectivity index is 1.59. The van der Waals surface area contributed by atoms with Crippen LogP contribution in [0.4, 0.5) is 4.79 Å². The fraction of sp³-hybridized carbons (Fsp3) is 0.692. The van der Waals surface area contributed by atoms with Crippen LogP contribution in [0.2, 0.25) is 0 Å². The quantitative estimate of drug-likeness (QED) is 0.790. The highest BCUT2D eigenvalue weighted by Crippen LogP contribution is 2.20. The topological polar surface area (TPSA) is 61.0 Å². The van der Waals surface area contributed by atoms with Crippen molar-refractivity contribution in [2.75, 3.05) is 6.54 Å². The van der Waals surface area contributed by atoms with Crippen molar-refractivity contribution in [1.29, 1.82) is 0 Å². The summed E-state index contributed by atoms with van der Waals surface area (Å²) in [5.41, 5.74) is 2.48. The van der Waals surface area contributed by atoms with E-state index in [1.54, 1.807) is 0 Å². The molecule has 0 spiro atoms. The molecule has 1 saturated heterocycles. The number of aromatic amines is 1. The Morgan fingerprint density at radius 3 is 3.22 bits per heavy atom. The molecule has 2 aliphatic rings. The Hall–Kier alpha value is -1.52. The van der Waals surface area contributed by atoms with Gasteiger partial charge in [-0.05, 0) is 38.2 Å². The third kappa shape index (κ3) is 2.09. The zero-order valence-electron chi connectivity index (χ0n) is 10.8. The predicted molar refractivity (Wildman–Crippen MR) is 68.3 cm³/mol. The molecule has 1 aliphatic heterocycles. The second-order valence-corrected chi connectivity index (χ2v) is 5.45. The number of amides is 2. The van der Waals surface area contributed by atoms with Crippen LogP contribution in [0.1, 0.15) is 37.4 Å². The first-order valence-electron chi connectivity index (χ1n) is 6.82. The van der Waals surface area contributed by atoms with Gasteiger partial charge in [-0.25, -0.2) is 4.79 Å². The van der Waals surface area contributed by atoms with Gasteiger partial charge in [0, 0.05) is 30.7 Å². The first kappa shape index (κ1) is 11.6. The van der Waals surface area contributed by atoms with Gasteiger partial charge in [-0.15, -0.1) is 0 Å². The van der Waals surface area contributed by atoms with Crippen molar-refractivity contribution in [3.05, 3.63) is 17.5 Å². The van der Waals surface area contributed by atoms with Crippen LogP contribution < -0.4 is 5.32 Å². The molecule has 2 heterocycles. The normalized spacial score (nSPS) is 27.1. The first-order valence-corrected chi connectivity index (χ1v) is 6.82. The van der Waals surface area contributed by atoms with Gasteiger partial charge in [0.25, 0.3) is 0 Å². The molecule has 2 amide bonds. The number of hydrogen-bond donors (Lipinski definition) is 2. The molecule has 0 saturated carbocycles. The molecule has 0 aromatic carbocycles.